The summed E-state index contributed by atoms with van der Waals surface area (Å²) in [5.41, 5.74) is 6.79. The Morgan fingerprint density at radius 1 is 1.21 bits per heavy atom. The molecule has 4 nitrogen and oxygen atoms in total. The van der Waals surface area contributed by atoms with Crippen molar-refractivity contribution in [3.8, 4) is 5.75 Å². The zero-order valence-corrected chi connectivity index (χ0v) is 13.3. The zero-order valence-electron chi connectivity index (χ0n) is 12.5. The topological polar surface area (TPSA) is 50.8 Å². The van der Waals surface area contributed by atoms with Gasteiger partial charge in [-0.15, -0.1) is 0 Å². The van der Waals surface area contributed by atoms with Gasteiger partial charge in [0, 0.05) is 17.2 Å². The summed E-state index contributed by atoms with van der Waals surface area (Å²) < 4.78 is 44.3. The first-order valence-electron chi connectivity index (χ1n) is 6.96. The lowest BCUT2D eigenvalue weighted by Crippen LogP contribution is -2.35. The maximum atomic E-state index is 13.1. The summed E-state index contributed by atoms with van der Waals surface area (Å²) in [4.78, 5) is 0. The fraction of sp³-hybridized carbons (Fsp3) is 0.188. The highest BCUT2D eigenvalue weighted by molar-refractivity contribution is 6.70. The number of nitrogens with two attached hydrogens (primary N) is 1. The first-order valence-corrected chi connectivity index (χ1v) is 7.33. The predicted octanol–water partition coefficient (Wildman–Crippen LogP) is 4.09. The molecule has 0 bridgehead atoms. The number of nitrogens with zero attached hydrogens (tertiary/aromatic N) is 2. The van der Waals surface area contributed by atoms with Crippen molar-refractivity contribution in [3.05, 3.63) is 59.2 Å². The molecule has 1 unspecified atom stereocenters. The molecule has 1 heterocycles. The first kappa shape index (κ1) is 16.6. The highest BCUT2D eigenvalue weighted by Crippen LogP contribution is 2.38. The number of alkyl halides is 3. The van der Waals surface area contributed by atoms with Gasteiger partial charge in [0.2, 0.25) is 0 Å². The molecule has 0 spiro atoms. The molecule has 8 heteroatoms. The molecule has 3 rings (SSSR count). The molecule has 2 aromatic carbocycles. The van der Waals surface area contributed by atoms with Crippen LogP contribution in [0.5, 0.6) is 5.75 Å². The van der Waals surface area contributed by atoms with Crippen LogP contribution in [0.1, 0.15) is 22.9 Å². The van der Waals surface area contributed by atoms with Crippen molar-refractivity contribution in [2.45, 2.75) is 12.3 Å². The molecular formula is C16H13ClF3N3O. The summed E-state index contributed by atoms with van der Waals surface area (Å²) in [5, 5.41) is 5.55. The van der Waals surface area contributed by atoms with Gasteiger partial charge in [0.25, 0.3) is 0 Å². The van der Waals surface area contributed by atoms with Crippen LogP contribution in [0.3, 0.4) is 0 Å². The van der Waals surface area contributed by atoms with Crippen molar-refractivity contribution < 1.29 is 17.9 Å². The van der Waals surface area contributed by atoms with Crippen LogP contribution in [0.4, 0.5) is 18.9 Å². The SMILES string of the molecule is COc1cc(N2N=C(Cl)c3ccccc3C2N)cc(C(F)(F)F)c1. The van der Waals surface area contributed by atoms with E-state index in [1.54, 1.807) is 24.3 Å². The number of methoxy groups -OCH3 is 1. The molecule has 24 heavy (non-hydrogen) atoms. The Bertz CT molecular complexity index is 807. The molecule has 1 atom stereocenters. The van der Waals surface area contributed by atoms with E-state index in [1.807, 2.05) is 0 Å². The largest absolute Gasteiger partial charge is 0.497 e. The Kier molecular flexibility index (Phi) is 4.15. The Morgan fingerprint density at radius 2 is 1.92 bits per heavy atom. The maximum absolute atomic E-state index is 13.1. The smallest absolute Gasteiger partial charge is 0.416 e. The molecule has 0 fully saturated rings. The van der Waals surface area contributed by atoms with E-state index in [0.29, 0.717) is 11.1 Å². The third-order valence-electron chi connectivity index (χ3n) is 3.68. The first-order chi connectivity index (χ1) is 11.3. The molecule has 0 saturated heterocycles. The molecule has 0 saturated carbocycles. The molecule has 0 aromatic heterocycles. The van der Waals surface area contributed by atoms with Gasteiger partial charge in [-0.05, 0) is 12.1 Å². The molecule has 126 valence electrons. The molecule has 2 aromatic rings. The third-order valence-corrected chi connectivity index (χ3v) is 3.96. The van der Waals surface area contributed by atoms with Gasteiger partial charge in [0.1, 0.15) is 11.9 Å². The van der Waals surface area contributed by atoms with E-state index in [2.05, 4.69) is 5.10 Å². The molecule has 1 aliphatic rings. The monoisotopic (exact) mass is 355 g/mol. The minimum atomic E-state index is -4.52. The standard InChI is InChI=1S/C16H13ClF3N3O/c1-24-11-7-9(16(18,19)20)6-10(8-11)23-15(21)13-5-3-2-4-12(13)14(17)22-23/h2-8,15H,21H2,1H3. The van der Waals surface area contributed by atoms with Crippen molar-refractivity contribution in [3.63, 3.8) is 0 Å². The number of halogens is 4. The zero-order chi connectivity index (χ0) is 17.5. The fourth-order valence-electron chi connectivity index (χ4n) is 2.50. The van der Waals surface area contributed by atoms with Crippen LogP contribution in [0.15, 0.2) is 47.6 Å². The quantitative estimate of drug-likeness (QED) is 0.882. The van der Waals surface area contributed by atoms with Gasteiger partial charge in [-0.3, -0.25) is 0 Å². The highest BCUT2D eigenvalue weighted by atomic mass is 35.5. The van der Waals surface area contributed by atoms with E-state index < -0.39 is 17.9 Å². The Balaban J connectivity index is 2.11. The van der Waals surface area contributed by atoms with Crippen molar-refractivity contribution in [2.24, 2.45) is 10.8 Å². The van der Waals surface area contributed by atoms with E-state index >= 15 is 0 Å². The van der Waals surface area contributed by atoms with Crippen molar-refractivity contribution in [1.29, 1.82) is 0 Å². The normalized spacial score (nSPS) is 17.3. The van der Waals surface area contributed by atoms with Gasteiger partial charge in [-0.1, -0.05) is 35.9 Å². The molecule has 1 aliphatic heterocycles. The Hall–Kier alpha value is -2.25. The number of fused-ring (bicyclic) bond motifs is 1. The summed E-state index contributed by atoms with van der Waals surface area (Å²) in [5.74, 6) is 0.0530. The van der Waals surface area contributed by atoms with Crippen LogP contribution in [0, 0.1) is 0 Å². The van der Waals surface area contributed by atoms with E-state index in [0.717, 1.165) is 12.1 Å². The van der Waals surface area contributed by atoms with Crippen LogP contribution in [0.2, 0.25) is 0 Å². The fourth-order valence-corrected chi connectivity index (χ4v) is 2.75. The highest BCUT2D eigenvalue weighted by Gasteiger charge is 2.33. The number of hydrogen-bond acceptors (Lipinski definition) is 4. The third kappa shape index (κ3) is 2.92. The second kappa shape index (κ2) is 5.99. The number of ether oxygens (including phenoxy) is 1. The lowest BCUT2D eigenvalue weighted by Gasteiger charge is -2.32. The lowest BCUT2D eigenvalue weighted by atomic mass is 10.0. The van der Waals surface area contributed by atoms with E-state index in [1.165, 1.54) is 18.2 Å². The van der Waals surface area contributed by atoms with Crippen LogP contribution in [0.25, 0.3) is 0 Å². The summed E-state index contributed by atoms with van der Waals surface area (Å²) in [6, 6.07) is 10.4. The Morgan fingerprint density at radius 3 is 2.58 bits per heavy atom. The van der Waals surface area contributed by atoms with Gasteiger partial charge in [-0.2, -0.15) is 18.3 Å². The number of rotatable bonds is 2. The summed E-state index contributed by atoms with van der Waals surface area (Å²) in [6.45, 7) is 0. The number of benzene rings is 2. The lowest BCUT2D eigenvalue weighted by molar-refractivity contribution is -0.137. The minimum Gasteiger partial charge on any atom is -0.497 e. The van der Waals surface area contributed by atoms with E-state index in [4.69, 9.17) is 22.1 Å². The second-order valence-corrected chi connectivity index (χ2v) is 5.54. The second-order valence-electron chi connectivity index (χ2n) is 5.18. The number of hydrazone groups is 1. The average Bonchev–Trinajstić information content (AvgIpc) is 2.57. The van der Waals surface area contributed by atoms with Gasteiger partial charge < -0.3 is 10.5 Å². The molecule has 0 amide bonds. The van der Waals surface area contributed by atoms with Crippen molar-refractivity contribution in [1.82, 2.24) is 0 Å². The van der Waals surface area contributed by atoms with Gasteiger partial charge in [0.05, 0.1) is 18.4 Å². The minimum absolute atomic E-state index is 0.0530. The van der Waals surface area contributed by atoms with Crippen LogP contribution in [-0.2, 0) is 6.18 Å². The summed E-state index contributed by atoms with van der Waals surface area (Å²) >= 11 is 6.16. The summed E-state index contributed by atoms with van der Waals surface area (Å²) in [6.07, 6.45) is -5.29. The van der Waals surface area contributed by atoms with E-state index in [9.17, 15) is 13.2 Å². The van der Waals surface area contributed by atoms with Gasteiger partial charge in [-0.25, -0.2) is 5.01 Å². The number of anilines is 1. The average molecular weight is 356 g/mol. The molecule has 0 aliphatic carbocycles. The van der Waals surface area contributed by atoms with Crippen LogP contribution in [-0.4, -0.2) is 12.3 Å². The van der Waals surface area contributed by atoms with Crippen molar-refractivity contribution in [2.75, 3.05) is 12.1 Å². The van der Waals surface area contributed by atoms with E-state index in [-0.39, 0.29) is 16.6 Å². The molecule has 0 radical (unpaired) electrons. The number of hydrogen-bond donors (Lipinski definition) is 1. The molecule has 2 N–H and O–H groups in total. The summed E-state index contributed by atoms with van der Waals surface area (Å²) in [7, 11) is 1.29. The van der Waals surface area contributed by atoms with Gasteiger partial charge >= 0.3 is 6.18 Å². The Labute approximate surface area is 141 Å². The van der Waals surface area contributed by atoms with Crippen LogP contribution >= 0.6 is 11.6 Å². The van der Waals surface area contributed by atoms with Crippen LogP contribution < -0.4 is 15.5 Å². The maximum Gasteiger partial charge on any atom is 0.416 e. The predicted molar refractivity (Wildman–Crippen MR) is 86.2 cm³/mol. The van der Waals surface area contributed by atoms with Gasteiger partial charge in [0.15, 0.2) is 5.17 Å². The molecular weight excluding hydrogens is 343 g/mol. The van der Waals surface area contributed by atoms with Crippen molar-refractivity contribution >= 4 is 22.5 Å².